The lowest BCUT2D eigenvalue weighted by molar-refractivity contribution is 0.107. The van der Waals surface area contributed by atoms with Crippen LogP contribution in [0.25, 0.3) is 5.65 Å². The molecule has 130 valence electrons. The highest BCUT2D eigenvalue weighted by Crippen LogP contribution is 2.27. The fraction of sp³-hybridized carbons (Fsp3) is 0.650. The highest BCUT2D eigenvalue weighted by atomic mass is 15.2. The molecule has 0 aliphatic carbocycles. The molecule has 0 saturated carbocycles. The van der Waals surface area contributed by atoms with E-state index in [2.05, 4.69) is 52.4 Å². The number of hydrogen-bond donors (Lipinski definition) is 0. The summed E-state index contributed by atoms with van der Waals surface area (Å²) >= 11 is 0. The fourth-order valence-corrected chi connectivity index (χ4v) is 4.61. The summed E-state index contributed by atoms with van der Waals surface area (Å²) in [7, 11) is 0. The Morgan fingerprint density at radius 1 is 1.12 bits per heavy atom. The molecule has 24 heavy (non-hydrogen) atoms. The van der Waals surface area contributed by atoms with Crippen molar-refractivity contribution in [3.8, 4) is 0 Å². The predicted octanol–water partition coefficient (Wildman–Crippen LogP) is 3.34. The summed E-state index contributed by atoms with van der Waals surface area (Å²) in [6, 6.07) is 7.03. The minimum atomic E-state index is 0.771. The summed E-state index contributed by atoms with van der Waals surface area (Å²) in [5.41, 5.74) is 3.60. The third-order valence-electron chi connectivity index (χ3n) is 6.23. The quantitative estimate of drug-likeness (QED) is 0.861. The second-order valence-corrected chi connectivity index (χ2v) is 7.67. The number of aromatic nitrogens is 2. The fourth-order valence-electron chi connectivity index (χ4n) is 4.61. The van der Waals surface area contributed by atoms with Gasteiger partial charge in [0.05, 0.1) is 11.4 Å². The number of pyridine rings is 1. The number of likely N-dealkylation sites (tertiary alicyclic amines) is 2. The normalized spacial score (nSPS) is 22.4. The van der Waals surface area contributed by atoms with Gasteiger partial charge >= 0.3 is 0 Å². The summed E-state index contributed by atoms with van der Waals surface area (Å²) in [4.78, 5) is 10.0. The van der Waals surface area contributed by atoms with Gasteiger partial charge in [-0.3, -0.25) is 4.90 Å². The highest BCUT2D eigenvalue weighted by Gasteiger charge is 2.29. The summed E-state index contributed by atoms with van der Waals surface area (Å²) in [6.45, 7) is 10.7. The van der Waals surface area contributed by atoms with Gasteiger partial charge in [-0.25, -0.2) is 4.98 Å². The summed E-state index contributed by atoms with van der Waals surface area (Å²) in [5.74, 6) is 0.877. The van der Waals surface area contributed by atoms with Crippen molar-refractivity contribution in [3.05, 3.63) is 35.8 Å². The van der Waals surface area contributed by atoms with Gasteiger partial charge in [-0.1, -0.05) is 6.07 Å². The van der Waals surface area contributed by atoms with Crippen molar-refractivity contribution < 1.29 is 0 Å². The predicted molar refractivity (Wildman–Crippen MR) is 98.2 cm³/mol. The second-order valence-electron chi connectivity index (χ2n) is 7.67. The largest absolute Gasteiger partial charge is 0.302 e. The second kappa shape index (κ2) is 6.85. The van der Waals surface area contributed by atoms with Crippen LogP contribution in [0.3, 0.4) is 0 Å². The molecule has 0 N–H and O–H groups in total. The maximum atomic E-state index is 4.70. The van der Waals surface area contributed by atoms with Crippen LogP contribution in [0, 0.1) is 12.8 Å². The monoisotopic (exact) mass is 326 g/mol. The van der Waals surface area contributed by atoms with Crippen molar-refractivity contribution in [1.82, 2.24) is 19.2 Å². The van der Waals surface area contributed by atoms with E-state index in [0.717, 1.165) is 24.2 Å². The molecule has 2 saturated heterocycles. The maximum Gasteiger partial charge on any atom is 0.137 e. The van der Waals surface area contributed by atoms with Crippen LogP contribution in [0.4, 0.5) is 0 Å². The first-order valence-corrected chi connectivity index (χ1v) is 9.61. The summed E-state index contributed by atoms with van der Waals surface area (Å²) in [6.07, 6.45) is 7.63. The van der Waals surface area contributed by atoms with Gasteiger partial charge in [0.1, 0.15) is 5.65 Å². The third kappa shape index (κ3) is 3.09. The molecule has 0 bridgehead atoms. The van der Waals surface area contributed by atoms with Crippen LogP contribution in [0.2, 0.25) is 0 Å². The minimum absolute atomic E-state index is 0.771. The first-order valence-electron chi connectivity index (χ1n) is 9.61. The van der Waals surface area contributed by atoms with Crippen molar-refractivity contribution in [1.29, 1.82) is 0 Å². The van der Waals surface area contributed by atoms with E-state index < -0.39 is 0 Å². The average Bonchev–Trinajstić information content (AvgIpc) is 3.24. The van der Waals surface area contributed by atoms with Crippen molar-refractivity contribution in [2.75, 3.05) is 26.2 Å². The summed E-state index contributed by atoms with van der Waals surface area (Å²) in [5, 5.41) is 0. The molecular weight excluding hydrogens is 296 g/mol. The number of piperidine rings is 1. The number of imidazole rings is 1. The Hall–Kier alpha value is -1.39. The van der Waals surface area contributed by atoms with Gasteiger partial charge in [-0.2, -0.15) is 0 Å². The molecule has 4 heteroatoms. The molecule has 0 unspecified atom stereocenters. The van der Waals surface area contributed by atoms with E-state index >= 15 is 0 Å². The standard InChI is InChI=1S/C20H30N4/c1-16-19(24-12-4-3-7-20(24)21-16)15-22-13-8-18(9-14-22)17(2)23-10-5-6-11-23/h3-4,7,12,17-18H,5-6,8-11,13-15H2,1-2H3/t17-/m1/s1. The first-order chi connectivity index (χ1) is 11.7. The minimum Gasteiger partial charge on any atom is -0.302 e. The molecular formula is C20H30N4. The Morgan fingerprint density at radius 3 is 2.62 bits per heavy atom. The molecule has 2 aliphatic heterocycles. The molecule has 4 rings (SSSR count). The Balaban J connectivity index is 1.38. The number of hydrogen-bond acceptors (Lipinski definition) is 3. The van der Waals surface area contributed by atoms with Crippen molar-refractivity contribution >= 4 is 5.65 Å². The van der Waals surface area contributed by atoms with Crippen molar-refractivity contribution in [3.63, 3.8) is 0 Å². The van der Waals surface area contributed by atoms with Gasteiger partial charge in [0, 0.05) is 18.8 Å². The van der Waals surface area contributed by atoms with Gasteiger partial charge < -0.3 is 9.30 Å². The number of aryl methyl sites for hydroxylation is 1. The smallest absolute Gasteiger partial charge is 0.137 e. The van der Waals surface area contributed by atoms with Crippen LogP contribution < -0.4 is 0 Å². The van der Waals surface area contributed by atoms with Crippen LogP contribution in [0.1, 0.15) is 44.0 Å². The van der Waals surface area contributed by atoms with E-state index in [0.29, 0.717) is 0 Å². The van der Waals surface area contributed by atoms with E-state index in [-0.39, 0.29) is 0 Å². The molecule has 2 aromatic heterocycles. The molecule has 4 nitrogen and oxygen atoms in total. The average molecular weight is 326 g/mol. The Bertz CT molecular complexity index is 678. The van der Waals surface area contributed by atoms with Crippen LogP contribution in [0.15, 0.2) is 24.4 Å². The zero-order valence-electron chi connectivity index (χ0n) is 15.1. The molecule has 2 aromatic rings. The van der Waals surface area contributed by atoms with E-state index in [9.17, 15) is 0 Å². The first kappa shape index (κ1) is 16.1. The Kier molecular flexibility index (Phi) is 4.59. The zero-order valence-corrected chi connectivity index (χ0v) is 15.1. The van der Waals surface area contributed by atoms with Crippen LogP contribution in [-0.4, -0.2) is 51.4 Å². The van der Waals surface area contributed by atoms with E-state index in [4.69, 9.17) is 4.98 Å². The van der Waals surface area contributed by atoms with Gasteiger partial charge in [0.2, 0.25) is 0 Å². The highest BCUT2D eigenvalue weighted by molar-refractivity contribution is 5.42. The van der Waals surface area contributed by atoms with E-state index in [1.807, 2.05) is 0 Å². The number of fused-ring (bicyclic) bond motifs is 1. The Labute approximate surface area is 145 Å². The topological polar surface area (TPSA) is 23.8 Å². The summed E-state index contributed by atoms with van der Waals surface area (Å²) < 4.78 is 2.26. The number of nitrogens with zero attached hydrogens (tertiary/aromatic N) is 4. The number of rotatable bonds is 4. The van der Waals surface area contributed by atoms with Crippen molar-refractivity contribution in [2.45, 2.75) is 52.1 Å². The molecule has 0 amide bonds. The van der Waals surface area contributed by atoms with E-state index in [1.54, 1.807) is 0 Å². The molecule has 2 fully saturated rings. The lowest BCUT2D eigenvalue weighted by Gasteiger charge is -2.38. The zero-order chi connectivity index (χ0) is 16.5. The molecule has 1 atom stereocenters. The van der Waals surface area contributed by atoms with Crippen LogP contribution in [-0.2, 0) is 6.54 Å². The lowest BCUT2D eigenvalue weighted by atomic mass is 9.89. The molecule has 2 aliphatic rings. The lowest BCUT2D eigenvalue weighted by Crippen LogP contribution is -2.43. The van der Waals surface area contributed by atoms with E-state index in [1.165, 1.54) is 63.3 Å². The molecule has 0 spiro atoms. The van der Waals surface area contributed by atoms with Gasteiger partial charge in [-0.15, -0.1) is 0 Å². The SMILES string of the molecule is Cc1nc2ccccn2c1CN1CCC([C@@H](C)N2CCCC2)CC1. The van der Waals surface area contributed by atoms with Crippen molar-refractivity contribution in [2.24, 2.45) is 5.92 Å². The molecule has 4 heterocycles. The van der Waals surface area contributed by atoms with Gasteiger partial charge in [-0.05, 0) is 83.8 Å². The maximum absolute atomic E-state index is 4.70. The third-order valence-corrected chi connectivity index (χ3v) is 6.23. The van der Waals surface area contributed by atoms with Gasteiger partial charge in [0.15, 0.2) is 0 Å². The molecule has 0 aromatic carbocycles. The molecule has 0 radical (unpaired) electrons. The van der Waals surface area contributed by atoms with Crippen LogP contribution >= 0.6 is 0 Å². The van der Waals surface area contributed by atoms with Gasteiger partial charge in [0.25, 0.3) is 0 Å². The van der Waals surface area contributed by atoms with Crippen LogP contribution in [0.5, 0.6) is 0 Å². The Morgan fingerprint density at radius 2 is 1.88 bits per heavy atom.